The van der Waals surface area contributed by atoms with Gasteiger partial charge in [-0.2, -0.15) is 0 Å². The molecule has 3 rings (SSSR count). The molecule has 2 aliphatic rings. The summed E-state index contributed by atoms with van der Waals surface area (Å²) in [6.07, 6.45) is 0.907. The topological polar surface area (TPSA) is 70.2 Å². The number of hydrogen-bond donors (Lipinski definition) is 0. The summed E-state index contributed by atoms with van der Waals surface area (Å²) in [5, 5.41) is 0. The average Bonchev–Trinajstić information content (AvgIpc) is 2.96. The molecule has 0 saturated carbocycles. The third-order valence-electron chi connectivity index (χ3n) is 5.41. The van der Waals surface area contributed by atoms with E-state index in [1.807, 2.05) is 18.2 Å². The zero-order valence-corrected chi connectivity index (χ0v) is 17.1. The Morgan fingerprint density at radius 1 is 1.19 bits per heavy atom. The van der Waals surface area contributed by atoms with Crippen molar-refractivity contribution >= 4 is 15.9 Å². The van der Waals surface area contributed by atoms with Crippen LogP contribution in [-0.4, -0.2) is 93.1 Å². The summed E-state index contributed by atoms with van der Waals surface area (Å²) in [5.41, 5.74) is 1.17. The molecule has 0 aromatic heterocycles. The van der Waals surface area contributed by atoms with E-state index in [2.05, 4.69) is 17.9 Å². The Bertz CT molecular complexity index is 781. The molecule has 1 aromatic carbocycles. The second-order valence-corrected chi connectivity index (χ2v) is 9.58. The molecule has 0 N–H and O–H groups in total. The van der Waals surface area contributed by atoms with Crippen LogP contribution in [0.2, 0.25) is 0 Å². The fourth-order valence-electron chi connectivity index (χ4n) is 4.01. The molecule has 0 unspecified atom stereocenters. The number of hydrogen-bond acceptors (Lipinski definition) is 5. The lowest BCUT2D eigenvalue weighted by molar-refractivity contribution is 0.0487. The monoisotopic (exact) mass is 395 g/mol. The van der Waals surface area contributed by atoms with E-state index in [0.29, 0.717) is 26.2 Å². The van der Waals surface area contributed by atoms with Crippen molar-refractivity contribution in [3.05, 3.63) is 29.8 Å². The Labute approximate surface area is 161 Å². The summed E-state index contributed by atoms with van der Waals surface area (Å²) in [5.74, 6) is 1.05. The molecule has 2 fully saturated rings. The fraction of sp³-hybridized carbons (Fsp3) is 0.632. The lowest BCUT2D eigenvalue weighted by Crippen LogP contribution is -2.62. The molecule has 2 amide bonds. The van der Waals surface area contributed by atoms with Crippen molar-refractivity contribution in [2.45, 2.75) is 25.4 Å². The maximum absolute atomic E-state index is 12.4. The number of ether oxygens (including phenoxy) is 1. The number of rotatable bonds is 5. The largest absolute Gasteiger partial charge is 0.492 e. The number of urea groups is 1. The average molecular weight is 396 g/mol. The van der Waals surface area contributed by atoms with E-state index in [0.717, 1.165) is 12.2 Å². The van der Waals surface area contributed by atoms with E-state index in [1.54, 1.807) is 19.0 Å². The van der Waals surface area contributed by atoms with E-state index in [9.17, 15) is 13.2 Å². The normalized spacial score (nSPS) is 24.5. The summed E-state index contributed by atoms with van der Waals surface area (Å²) >= 11 is 0. The summed E-state index contributed by atoms with van der Waals surface area (Å²) in [6, 6.07) is 7.44. The predicted octanol–water partition coefficient (Wildman–Crippen LogP) is 1.09. The minimum absolute atomic E-state index is 0.0489. The van der Waals surface area contributed by atoms with E-state index < -0.39 is 9.84 Å². The molecular weight excluding hydrogens is 366 g/mol. The van der Waals surface area contributed by atoms with Gasteiger partial charge in [-0.3, -0.25) is 4.90 Å². The second-order valence-electron chi connectivity index (χ2n) is 7.43. The minimum Gasteiger partial charge on any atom is -0.492 e. The van der Waals surface area contributed by atoms with Gasteiger partial charge in [0, 0.05) is 39.8 Å². The highest BCUT2D eigenvalue weighted by Gasteiger charge is 2.48. The van der Waals surface area contributed by atoms with Crippen LogP contribution in [0.1, 0.15) is 12.5 Å². The molecule has 2 atom stereocenters. The van der Waals surface area contributed by atoms with Crippen LogP contribution in [-0.2, 0) is 16.3 Å². The summed E-state index contributed by atoms with van der Waals surface area (Å²) in [4.78, 5) is 17.8. The molecule has 27 heavy (non-hydrogen) atoms. The summed E-state index contributed by atoms with van der Waals surface area (Å²) < 4.78 is 30.5. The molecule has 2 saturated heterocycles. The lowest BCUT2D eigenvalue weighted by Gasteiger charge is -2.44. The van der Waals surface area contributed by atoms with Crippen LogP contribution in [0, 0.1) is 0 Å². The molecule has 2 heterocycles. The molecule has 1 aromatic rings. The Morgan fingerprint density at radius 3 is 2.59 bits per heavy atom. The molecule has 8 heteroatoms. The third kappa shape index (κ3) is 4.38. The number of para-hydroxylation sites is 1. The van der Waals surface area contributed by atoms with E-state index in [4.69, 9.17) is 4.74 Å². The van der Waals surface area contributed by atoms with Crippen LogP contribution >= 0.6 is 0 Å². The summed E-state index contributed by atoms with van der Waals surface area (Å²) in [7, 11) is 0.265. The van der Waals surface area contributed by atoms with Crippen molar-refractivity contribution in [3.63, 3.8) is 0 Å². The van der Waals surface area contributed by atoms with Gasteiger partial charge in [-0.25, -0.2) is 13.2 Å². The molecule has 7 nitrogen and oxygen atoms in total. The maximum atomic E-state index is 12.4. The molecule has 0 aliphatic carbocycles. The van der Waals surface area contributed by atoms with Gasteiger partial charge in [-0.15, -0.1) is 0 Å². The number of sulfone groups is 1. The Balaban J connectivity index is 1.66. The minimum atomic E-state index is -3.14. The van der Waals surface area contributed by atoms with Gasteiger partial charge in [0.05, 0.1) is 17.5 Å². The zero-order valence-electron chi connectivity index (χ0n) is 16.3. The van der Waals surface area contributed by atoms with E-state index >= 15 is 0 Å². The molecule has 0 spiro atoms. The van der Waals surface area contributed by atoms with Crippen molar-refractivity contribution in [1.29, 1.82) is 0 Å². The first-order chi connectivity index (χ1) is 12.8. The number of aryl methyl sites for hydroxylation is 1. The Kier molecular flexibility index (Phi) is 5.95. The number of carbonyl (C=O) groups excluding carboxylic acids is 1. The molecular formula is C19H29N3O4S. The molecule has 2 aliphatic heterocycles. The molecule has 150 valence electrons. The van der Waals surface area contributed by atoms with Gasteiger partial charge in [-0.1, -0.05) is 25.1 Å². The zero-order chi connectivity index (χ0) is 19.6. The number of carbonyl (C=O) groups is 1. The van der Waals surface area contributed by atoms with Crippen LogP contribution < -0.4 is 4.74 Å². The first kappa shape index (κ1) is 19.9. The quantitative estimate of drug-likeness (QED) is 0.747. The standard InChI is InChI=1S/C19H29N3O4S/c1-4-15-7-5-6-8-18(15)26-12-11-21-9-10-22(19(23)20(2)3)17-14-27(24,25)13-16(17)21/h5-8,16-17H,4,9-14H2,1-3H3/t16-,17+/m0/s1. The highest BCUT2D eigenvalue weighted by Crippen LogP contribution is 2.27. The van der Waals surface area contributed by atoms with Crippen molar-refractivity contribution in [2.24, 2.45) is 0 Å². The summed E-state index contributed by atoms with van der Waals surface area (Å²) in [6.45, 7) is 4.45. The first-order valence-corrected chi connectivity index (χ1v) is 11.3. The van der Waals surface area contributed by atoms with Crippen LogP contribution in [0.3, 0.4) is 0 Å². The van der Waals surface area contributed by atoms with Gasteiger partial charge in [0.1, 0.15) is 12.4 Å². The van der Waals surface area contributed by atoms with Gasteiger partial charge in [0.25, 0.3) is 0 Å². The van der Waals surface area contributed by atoms with Crippen LogP contribution in [0.25, 0.3) is 0 Å². The molecule has 0 bridgehead atoms. The third-order valence-corrected chi connectivity index (χ3v) is 7.11. The second kappa shape index (κ2) is 8.06. The van der Waals surface area contributed by atoms with E-state index in [-0.39, 0.29) is 29.6 Å². The Morgan fingerprint density at radius 2 is 1.89 bits per heavy atom. The first-order valence-electron chi connectivity index (χ1n) is 9.45. The number of amides is 2. The van der Waals surface area contributed by atoms with Gasteiger partial charge in [-0.05, 0) is 18.1 Å². The van der Waals surface area contributed by atoms with E-state index in [1.165, 1.54) is 10.5 Å². The van der Waals surface area contributed by atoms with Gasteiger partial charge < -0.3 is 14.5 Å². The fourth-order valence-corrected chi connectivity index (χ4v) is 6.02. The predicted molar refractivity (Wildman–Crippen MR) is 105 cm³/mol. The van der Waals surface area contributed by atoms with Crippen LogP contribution in [0.15, 0.2) is 24.3 Å². The van der Waals surface area contributed by atoms with Crippen molar-refractivity contribution in [2.75, 3.05) is 51.8 Å². The number of fused-ring (bicyclic) bond motifs is 1. The van der Waals surface area contributed by atoms with Crippen LogP contribution in [0.4, 0.5) is 4.79 Å². The highest BCUT2D eigenvalue weighted by molar-refractivity contribution is 7.91. The molecule has 0 radical (unpaired) electrons. The number of nitrogens with zero attached hydrogens (tertiary/aromatic N) is 3. The SMILES string of the molecule is CCc1ccccc1OCCN1CCN(C(=O)N(C)C)[C@@H]2CS(=O)(=O)C[C@@H]21. The van der Waals surface area contributed by atoms with Crippen LogP contribution in [0.5, 0.6) is 5.75 Å². The van der Waals surface area contributed by atoms with Crippen molar-refractivity contribution < 1.29 is 17.9 Å². The van der Waals surface area contributed by atoms with Crippen molar-refractivity contribution in [1.82, 2.24) is 14.7 Å². The van der Waals surface area contributed by atoms with Crippen molar-refractivity contribution in [3.8, 4) is 5.75 Å². The lowest BCUT2D eigenvalue weighted by atomic mass is 10.1. The van der Waals surface area contributed by atoms with Gasteiger partial charge in [0.15, 0.2) is 9.84 Å². The highest BCUT2D eigenvalue weighted by atomic mass is 32.2. The number of benzene rings is 1. The van der Waals surface area contributed by atoms with Gasteiger partial charge in [0.2, 0.25) is 0 Å². The maximum Gasteiger partial charge on any atom is 0.319 e. The van der Waals surface area contributed by atoms with Gasteiger partial charge >= 0.3 is 6.03 Å². The number of piperazine rings is 1. The Hall–Kier alpha value is -1.80. The smallest absolute Gasteiger partial charge is 0.319 e.